The van der Waals surface area contributed by atoms with Crippen LogP contribution in [0, 0.1) is 5.92 Å². The first-order valence-corrected chi connectivity index (χ1v) is 7.25. The predicted molar refractivity (Wildman–Crippen MR) is 77.1 cm³/mol. The molecule has 0 aliphatic carbocycles. The summed E-state index contributed by atoms with van der Waals surface area (Å²) in [6, 6.07) is 3.70. The van der Waals surface area contributed by atoms with Gasteiger partial charge in [0.25, 0.3) is 0 Å². The number of hydrogen-bond acceptors (Lipinski definition) is 6. The Labute approximate surface area is 124 Å². The van der Waals surface area contributed by atoms with Crippen molar-refractivity contribution in [3.63, 3.8) is 0 Å². The van der Waals surface area contributed by atoms with Gasteiger partial charge < -0.3 is 5.11 Å². The van der Waals surface area contributed by atoms with Crippen molar-refractivity contribution in [3.05, 3.63) is 29.5 Å². The first-order valence-electron chi connectivity index (χ1n) is 6.43. The molecule has 0 aliphatic rings. The number of pyridine rings is 1. The second-order valence-corrected chi connectivity index (χ2v) is 5.80. The Morgan fingerprint density at radius 1 is 1.38 bits per heavy atom. The third-order valence-electron chi connectivity index (χ3n) is 3.46. The molecule has 0 saturated heterocycles. The zero-order chi connectivity index (χ0) is 15.0. The van der Waals surface area contributed by atoms with Crippen molar-refractivity contribution < 1.29 is 9.90 Å². The lowest BCUT2D eigenvalue weighted by molar-refractivity contribution is -0.141. The maximum absolute atomic E-state index is 11.1. The molecule has 7 nitrogen and oxygen atoms in total. The number of carbonyl (C=O) groups is 1. The molecule has 0 bridgehead atoms. The molecule has 1 N–H and O–H groups in total. The van der Waals surface area contributed by atoms with Gasteiger partial charge in [0.05, 0.1) is 5.92 Å². The summed E-state index contributed by atoms with van der Waals surface area (Å²) in [4.78, 5) is 15.8. The number of hydrogen-bond donors (Lipinski definition) is 1. The van der Waals surface area contributed by atoms with Crippen LogP contribution in [-0.2, 0) is 4.79 Å². The van der Waals surface area contributed by atoms with E-state index in [-0.39, 0.29) is 5.92 Å². The highest BCUT2D eigenvalue weighted by Crippen LogP contribution is 2.29. The van der Waals surface area contributed by atoms with Gasteiger partial charge in [0, 0.05) is 23.9 Å². The summed E-state index contributed by atoms with van der Waals surface area (Å²) in [5.74, 6) is -0.914. The zero-order valence-electron chi connectivity index (χ0n) is 11.5. The van der Waals surface area contributed by atoms with Crippen LogP contribution in [0.4, 0.5) is 0 Å². The molecular weight excluding hydrogens is 290 g/mol. The summed E-state index contributed by atoms with van der Waals surface area (Å²) in [6.45, 7) is 3.53. The van der Waals surface area contributed by atoms with E-state index < -0.39 is 11.9 Å². The van der Waals surface area contributed by atoms with Crippen LogP contribution in [-0.4, -0.2) is 35.9 Å². The van der Waals surface area contributed by atoms with Crippen LogP contribution >= 0.6 is 11.3 Å². The third kappa shape index (κ3) is 2.38. The van der Waals surface area contributed by atoms with Gasteiger partial charge in [-0.25, -0.2) is 0 Å². The van der Waals surface area contributed by atoms with Crippen LogP contribution in [0.15, 0.2) is 24.5 Å². The van der Waals surface area contributed by atoms with Crippen molar-refractivity contribution in [2.75, 3.05) is 0 Å². The molecule has 108 valence electrons. The highest BCUT2D eigenvalue weighted by molar-refractivity contribution is 7.16. The Balaban J connectivity index is 2.02. The van der Waals surface area contributed by atoms with Gasteiger partial charge in [-0.3, -0.25) is 9.78 Å². The minimum Gasteiger partial charge on any atom is -0.481 e. The van der Waals surface area contributed by atoms with E-state index in [9.17, 15) is 4.79 Å². The molecule has 3 aromatic rings. The Kier molecular flexibility index (Phi) is 3.38. The van der Waals surface area contributed by atoms with Gasteiger partial charge in [-0.05, 0) is 12.1 Å². The first kappa shape index (κ1) is 13.6. The van der Waals surface area contributed by atoms with Gasteiger partial charge in [0.1, 0.15) is 5.01 Å². The fourth-order valence-electron chi connectivity index (χ4n) is 1.92. The number of rotatable bonds is 4. The minimum absolute atomic E-state index is 0.184. The minimum atomic E-state index is -0.832. The van der Waals surface area contributed by atoms with E-state index in [4.69, 9.17) is 5.11 Å². The first-order chi connectivity index (χ1) is 10.1. The fraction of sp³-hybridized carbons (Fsp3) is 0.308. The highest BCUT2D eigenvalue weighted by atomic mass is 32.1. The van der Waals surface area contributed by atoms with Crippen molar-refractivity contribution in [2.24, 2.45) is 5.92 Å². The third-order valence-corrected chi connectivity index (χ3v) is 4.56. The average Bonchev–Trinajstić information content (AvgIpc) is 3.06. The van der Waals surface area contributed by atoms with E-state index in [2.05, 4.69) is 20.3 Å². The average molecular weight is 303 g/mol. The molecule has 2 unspecified atom stereocenters. The predicted octanol–water partition coefficient (Wildman–Crippen LogP) is 2.07. The molecule has 0 saturated carbocycles. The van der Waals surface area contributed by atoms with Crippen LogP contribution < -0.4 is 0 Å². The normalized spacial score (nSPS) is 14.2. The van der Waals surface area contributed by atoms with Gasteiger partial charge in [0.15, 0.2) is 5.82 Å². The quantitative estimate of drug-likeness (QED) is 0.793. The molecule has 2 atom stereocenters. The number of carboxylic acids is 1. The molecule has 0 fully saturated rings. The number of nitrogens with zero attached hydrogens (tertiary/aromatic N) is 5. The van der Waals surface area contributed by atoms with Crippen molar-refractivity contribution in [1.82, 2.24) is 24.8 Å². The Bertz CT molecular complexity index is 782. The van der Waals surface area contributed by atoms with E-state index in [0.29, 0.717) is 10.8 Å². The lowest BCUT2D eigenvalue weighted by Gasteiger charge is -2.11. The second kappa shape index (κ2) is 5.21. The molecule has 0 spiro atoms. The Morgan fingerprint density at radius 2 is 2.19 bits per heavy atom. The topological polar surface area (TPSA) is 93.3 Å². The summed E-state index contributed by atoms with van der Waals surface area (Å²) < 4.78 is 1.64. The lowest BCUT2D eigenvalue weighted by Crippen LogP contribution is -2.16. The SMILES string of the molecule is CC(C(=O)O)C(C)c1nn2c(-c3cccnc3)nnc2s1. The zero-order valence-corrected chi connectivity index (χ0v) is 12.3. The van der Waals surface area contributed by atoms with Crippen molar-refractivity contribution in [2.45, 2.75) is 19.8 Å². The van der Waals surface area contributed by atoms with Crippen LogP contribution in [0.3, 0.4) is 0 Å². The van der Waals surface area contributed by atoms with Gasteiger partial charge in [-0.2, -0.15) is 9.61 Å². The second-order valence-electron chi connectivity index (χ2n) is 4.82. The van der Waals surface area contributed by atoms with Crippen LogP contribution in [0.5, 0.6) is 0 Å². The van der Waals surface area contributed by atoms with Crippen LogP contribution in [0.1, 0.15) is 24.8 Å². The molecule has 3 aromatic heterocycles. The molecular formula is C13H13N5O2S. The number of carboxylic acid groups (broad SMARTS) is 1. The molecule has 21 heavy (non-hydrogen) atoms. The maximum Gasteiger partial charge on any atom is 0.306 e. The Morgan fingerprint density at radius 3 is 2.86 bits per heavy atom. The summed E-state index contributed by atoms with van der Waals surface area (Å²) in [7, 11) is 0. The standard InChI is InChI=1S/C13H13N5O2S/c1-7(8(2)12(19)20)11-17-18-10(15-16-13(18)21-11)9-4-3-5-14-6-9/h3-8H,1-2H3,(H,19,20). The van der Waals surface area contributed by atoms with E-state index in [1.54, 1.807) is 23.8 Å². The van der Waals surface area contributed by atoms with Crippen LogP contribution in [0.2, 0.25) is 0 Å². The van der Waals surface area contributed by atoms with E-state index >= 15 is 0 Å². The molecule has 0 amide bonds. The molecule has 3 heterocycles. The number of aliphatic carboxylic acids is 1. The summed E-state index contributed by atoms with van der Waals surface area (Å²) in [5.41, 5.74) is 0.820. The van der Waals surface area contributed by atoms with Crippen molar-refractivity contribution >= 4 is 22.3 Å². The monoisotopic (exact) mass is 303 g/mol. The maximum atomic E-state index is 11.1. The van der Waals surface area contributed by atoms with Crippen molar-refractivity contribution in [1.29, 1.82) is 0 Å². The summed E-state index contributed by atoms with van der Waals surface area (Å²) in [5, 5.41) is 22.5. The highest BCUT2D eigenvalue weighted by Gasteiger charge is 2.25. The molecule has 0 aliphatic heterocycles. The number of fused-ring (bicyclic) bond motifs is 1. The molecule has 0 radical (unpaired) electrons. The van der Waals surface area contributed by atoms with Gasteiger partial charge in [-0.15, -0.1) is 10.2 Å². The van der Waals surface area contributed by atoms with E-state index in [1.165, 1.54) is 11.3 Å². The Hall–Kier alpha value is -2.35. The molecule has 3 rings (SSSR count). The summed E-state index contributed by atoms with van der Waals surface area (Å²) >= 11 is 1.36. The fourth-order valence-corrected chi connectivity index (χ4v) is 2.91. The summed E-state index contributed by atoms with van der Waals surface area (Å²) in [6.07, 6.45) is 3.38. The lowest BCUT2D eigenvalue weighted by atomic mass is 9.97. The molecule has 0 aromatic carbocycles. The van der Waals surface area contributed by atoms with Gasteiger partial charge in [-0.1, -0.05) is 25.2 Å². The van der Waals surface area contributed by atoms with Gasteiger partial charge in [0.2, 0.25) is 4.96 Å². The van der Waals surface area contributed by atoms with E-state index in [0.717, 1.165) is 10.6 Å². The van der Waals surface area contributed by atoms with Crippen molar-refractivity contribution in [3.8, 4) is 11.4 Å². The molecule has 8 heteroatoms. The largest absolute Gasteiger partial charge is 0.481 e. The van der Waals surface area contributed by atoms with Crippen LogP contribution in [0.25, 0.3) is 16.3 Å². The smallest absolute Gasteiger partial charge is 0.306 e. The number of aromatic nitrogens is 5. The van der Waals surface area contributed by atoms with Gasteiger partial charge >= 0.3 is 5.97 Å². The van der Waals surface area contributed by atoms with E-state index in [1.807, 2.05) is 19.1 Å².